The molecule has 2 aromatic heterocycles. The molecule has 0 aromatic carbocycles. The Labute approximate surface area is 111 Å². The fourth-order valence-corrected chi connectivity index (χ4v) is 2.60. The van der Waals surface area contributed by atoms with Crippen LogP contribution in [0, 0.1) is 0 Å². The Kier molecular flexibility index (Phi) is 3.06. The standard InChI is InChI=1S/C13H16N4O2/c1-18-12-6-10(13(19-2)16-15-12)11-5-3-4-9-7-14-8-17(9)11/h6-8,11H,3-5H2,1-2H3. The number of methoxy groups -OCH3 is 2. The topological polar surface area (TPSA) is 62.1 Å². The van der Waals surface area contributed by atoms with Crippen LogP contribution in [0.15, 0.2) is 18.6 Å². The molecule has 0 amide bonds. The molecule has 0 radical (unpaired) electrons. The fourth-order valence-electron chi connectivity index (χ4n) is 2.60. The summed E-state index contributed by atoms with van der Waals surface area (Å²) < 4.78 is 12.7. The van der Waals surface area contributed by atoms with Gasteiger partial charge in [-0.1, -0.05) is 0 Å². The minimum Gasteiger partial charge on any atom is -0.480 e. The van der Waals surface area contributed by atoms with Gasteiger partial charge in [0, 0.05) is 23.5 Å². The third-order valence-electron chi connectivity index (χ3n) is 3.52. The van der Waals surface area contributed by atoms with E-state index in [0.717, 1.165) is 24.8 Å². The van der Waals surface area contributed by atoms with Gasteiger partial charge in [0.1, 0.15) is 0 Å². The summed E-state index contributed by atoms with van der Waals surface area (Å²) >= 11 is 0. The minimum atomic E-state index is 0.186. The second-order valence-corrected chi connectivity index (χ2v) is 4.55. The van der Waals surface area contributed by atoms with Gasteiger partial charge in [0.05, 0.1) is 26.6 Å². The van der Waals surface area contributed by atoms with Crippen LogP contribution in [0.4, 0.5) is 0 Å². The largest absolute Gasteiger partial charge is 0.480 e. The Morgan fingerprint density at radius 3 is 2.95 bits per heavy atom. The van der Waals surface area contributed by atoms with Crippen molar-refractivity contribution in [3.63, 3.8) is 0 Å². The van der Waals surface area contributed by atoms with Crippen molar-refractivity contribution in [1.29, 1.82) is 0 Å². The number of nitrogens with zero attached hydrogens (tertiary/aromatic N) is 4. The van der Waals surface area contributed by atoms with Crippen molar-refractivity contribution in [1.82, 2.24) is 19.7 Å². The zero-order valence-electron chi connectivity index (χ0n) is 11.0. The van der Waals surface area contributed by atoms with Gasteiger partial charge < -0.3 is 14.0 Å². The Bertz CT molecular complexity index is 582. The summed E-state index contributed by atoms with van der Waals surface area (Å²) in [5.74, 6) is 1.05. The maximum atomic E-state index is 5.33. The number of aryl methyl sites for hydroxylation is 1. The minimum absolute atomic E-state index is 0.186. The number of imidazole rings is 1. The van der Waals surface area contributed by atoms with Crippen molar-refractivity contribution < 1.29 is 9.47 Å². The smallest absolute Gasteiger partial charge is 0.238 e. The summed E-state index contributed by atoms with van der Waals surface area (Å²) in [5, 5.41) is 8.01. The lowest BCUT2D eigenvalue weighted by molar-refractivity contribution is 0.349. The highest BCUT2D eigenvalue weighted by atomic mass is 16.5. The predicted molar refractivity (Wildman–Crippen MR) is 68.4 cm³/mol. The molecule has 6 nitrogen and oxygen atoms in total. The van der Waals surface area contributed by atoms with Crippen LogP contribution in [-0.2, 0) is 6.42 Å². The monoisotopic (exact) mass is 260 g/mol. The third-order valence-corrected chi connectivity index (χ3v) is 3.52. The van der Waals surface area contributed by atoms with Crippen LogP contribution in [0.2, 0.25) is 0 Å². The number of fused-ring (bicyclic) bond motifs is 1. The summed E-state index contributed by atoms with van der Waals surface area (Å²) in [6.07, 6.45) is 7.02. The molecule has 100 valence electrons. The highest BCUT2D eigenvalue weighted by molar-refractivity contribution is 5.33. The van der Waals surface area contributed by atoms with Crippen LogP contribution in [0.25, 0.3) is 0 Å². The number of hydrogen-bond acceptors (Lipinski definition) is 5. The van der Waals surface area contributed by atoms with E-state index in [2.05, 4.69) is 19.7 Å². The maximum Gasteiger partial charge on any atom is 0.238 e. The van der Waals surface area contributed by atoms with Crippen LogP contribution < -0.4 is 9.47 Å². The molecule has 0 saturated heterocycles. The normalized spacial score (nSPS) is 17.9. The summed E-state index contributed by atoms with van der Waals surface area (Å²) in [6.45, 7) is 0. The van der Waals surface area contributed by atoms with Crippen molar-refractivity contribution >= 4 is 0 Å². The molecule has 3 rings (SSSR count). The van der Waals surface area contributed by atoms with E-state index in [4.69, 9.17) is 9.47 Å². The van der Waals surface area contributed by atoms with Crippen molar-refractivity contribution in [2.45, 2.75) is 25.3 Å². The molecule has 1 aliphatic heterocycles. The van der Waals surface area contributed by atoms with Gasteiger partial charge in [-0.3, -0.25) is 0 Å². The second kappa shape index (κ2) is 4.87. The molecule has 3 heterocycles. The molecule has 19 heavy (non-hydrogen) atoms. The van der Waals surface area contributed by atoms with E-state index in [-0.39, 0.29) is 6.04 Å². The zero-order valence-corrected chi connectivity index (χ0v) is 11.0. The van der Waals surface area contributed by atoms with E-state index in [1.165, 1.54) is 5.69 Å². The fraction of sp³-hybridized carbons (Fsp3) is 0.462. The third kappa shape index (κ3) is 2.03. The lowest BCUT2D eigenvalue weighted by Crippen LogP contribution is -2.19. The van der Waals surface area contributed by atoms with E-state index < -0.39 is 0 Å². The van der Waals surface area contributed by atoms with Crippen LogP contribution in [0.1, 0.15) is 30.1 Å². The Hall–Kier alpha value is -2.11. The van der Waals surface area contributed by atoms with Crippen LogP contribution >= 0.6 is 0 Å². The summed E-state index contributed by atoms with van der Waals surface area (Å²) in [5.41, 5.74) is 2.24. The van der Waals surface area contributed by atoms with Gasteiger partial charge in [0.25, 0.3) is 0 Å². The van der Waals surface area contributed by atoms with Crippen molar-refractivity contribution in [3.8, 4) is 11.8 Å². The van der Waals surface area contributed by atoms with Crippen LogP contribution in [-0.4, -0.2) is 34.0 Å². The highest BCUT2D eigenvalue weighted by Crippen LogP contribution is 2.35. The number of hydrogen-bond donors (Lipinski definition) is 0. The zero-order chi connectivity index (χ0) is 13.2. The van der Waals surface area contributed by atoms with Crippen molar-refractivity contribution in [2.75, 3.05) is 14.2 Å². The quantitative estimate of drug-likeness (QED) is 0.839. The van der Waals surface area contributed by atoms with Gasteiger partial charge in [-0.05, 0) is 19.3 Å². The molecule has 1 unspecified atom stereocenters. The van der Waals surface area contributed by atoms with Crippen LogP contribution in [0.5, 0.6) is 11.8 Å². The average Bonchev–Trinajstić information content (AvgIpc) is 2.94. The molecule has 0 spiro atoms. The van der Waals surface area contributed by atoms with Crippen molar-refractivity contribution in [2.24, 2.45) is 0 Å². The molecule has 0 bridgehead atoms. The van der Waals surface area contributed by atoms with Gasteiger partial charge in [-0.2, -0.15) is 0 Å². The molecule has 0 saturated carbocycles. The number of ether oxygens (including phenoxy) is 2. The van der Waals surface area contributed by atoms with Crippen molar-refractivity contribution in [3.05, 3.63) is 29.8 Å². The van der Waals surface area contributed by atoms with Gasteiger partial charge in [-0.25, -0.2) is 4.98 Å². The van der Waals surface area contributed by atoms with Gasteiger partial charge in [-0.15, -0.1) is 10.2 Å². The predicted octanol–water partition coefficient (Wildman–Crippen LogP) is 1.62. The molecular weight excluding hydrogens is 244 g/mol. The van der Waals surface area contributed by atoms with E-state index in [9.17, 15) is 0 Å². The SMILES string of the molecule is COc1cc(C2CCCc3cncn32)c(OC)nn1. The van der Waals surface area contributed by atoms with E-state index in [0.29, 0.717) is 11.8 Å². The Balaban J connectivity index is 2.07. The second-order valence-electron chi connectivity index (χ2n) is 4.55. The molecule has 1 aliphatic rings. The average molecular weight is 260 g/mol. The van der Waals surface area contributed by atoms with E-state index >= 15 is 0 Å². The molecule has 0 aliphatic carbocycles. The number of aromatic nitrogens is 4. The lowest BCUT2D eigenvalue weighted by Gasteiger charge is -2.26. The Morgan fingerprint density at radius 1 is 1.26 bits per heavy atom. The highest BCUT2D eigenvalue weighted by Gasteiger charge is 2.25. The first-order chi connectivity index (χ1) is 9.33. The summed E-state index contributed by atoms with van der Waals surface area (Å²) in [6, 6.07) is 2.08. The first-order valence-electron chi connectivity index (χ1n) is 6.29. The van der Waals surface area contributed by atoms with Crippen LogP contribution in [0.3, 0.4) is 0 Å². The van der Waals surface area contributed by atoms with E-state index in [1.807, 2.05) is 18.6 Å². The molecular formula is C13H16N4O2. The molecule has 6 heteroatoms. The van der Waals surface area contributed by atoms with Gasteiger partial charge in [0.15, 0.2) is 0 Å². The summed E-state index contributed by atoms with van der Waals surface area (Å²) in [4.78, 5) is 4.23. The Morgan fingerprint density at radius 2 is 2.16 bits per heavy atom. The lowest BCUT2D eigenvalue weighted by atomic mass is 9.97. The molecule has 0 N–H and O–H groups in total. The first kappa shape index (κ1) is 12.0. The van der Waals surface area contributed by atoms with Gasteiger partial charge >= 0.3 is 0 Å². The van der Waals surface area contributed by atoms with Gasteiger partial charge in [0.2, 0.25) is 11.8 Å². The number of rotatable bonds is 3. The maximum absolute atomic E-state index is 5.33. The molecule has 2 aromatic rings. The molecule has 1 atom stereocenters. The first-order valence-corrected chi connectivity index (χ1v) is 6.29. The molecule has 0 fully saturated rings. The van der Waals surface area contributed by atoms with E-state index in [1.54, 1.807) is 14.2 Å². The summed E-state index contributed by atoms with van der Waals surface area (Å²) in [7, 11) is 3.20.